The molecule has 0 bridgehead atoms. The van der Waals surface area contributed by atoms with Gasteiger partial charge in [0, 0.05) is 19.1 Å². The van der Waals surface area contributed by atoms with Crippen LogP contribution in [-0.4, -0.2) is 48.4 Å². The van der Waals surface area contributed by atoms with Crippen molar-refractivity contribution in [3.8, 4) is 0 Å². The zero-order valence-electron chi connectivity index (χ0n) is 11.5. The minimum Gasteiger partial charge on any atom is -0.444 e. The molecular formula is C12H21F3N2O2. The maximum absolute atomic E-state index is 12.1. The van der Waals surface area contributed by atoms with E-state index in [9.17, 15) is 18.0 Å². The first kappa shape index (κ1) is 16.1. The molecule has 1 N–H and O–H groups in total. The summed E-state index contributed by atoms with van der Waals surface area (Å²) < 4.78 is 41.6. The number of hydrogen-bond donors (Lipinski definition) is 1. The first-order valence-corrected chi connectivity index (χ1v) is 6.35. The second-order valence-electron chi connectivity index (χ2n) is 5.76. The standard InChI is InChI=1S/C12H21F3N2O2/c1-11(2,3)19-10(18)17-6-4-5-9(7-17)16-8-12(13,14)15/h9,16H,4-8H2,1-3H3. The summed E-state index contributed by atoms with van der Waals surface area (Å²) in [6.07, 6.45) is -3.38. The molecule has 0 saturated carbocycles. The Hall–Kier alpha value is -0.980. The predicted molar refractivity (Wildman–Crippen MR) is 64.9 cm³/mol. The largest absolute Gasteiger partial charge is 0.444 e. The number of ether oxygens (including phenoxy) is 1. The highest BCUT2D eigenvalue weighted by Crippen LogP contribution is 2.17. The van der Waals surface area contributed by atoms with Crippen LogP contribution in [0.5, 0.6) is 0 Å². The van der Waals surface area contributed by atoms with Crippen LogP contribution >= 0.6 is 0 Å². The molecule has 1 aliphatic heterocycles. The fraction of sp³-hybridized carbons (Fsp3) is 0.917. The molecule has 19 heavy (non-hydrogen) atoms. The first-order valence-electron chi connectivity index (χ1n) is 6.35. The van der Waals surface area contributed by atoms with Gasteiger partial charge < -0.3 is 15.0 Å². The number of halogens is 3. The Balaban J connectivity index is 2.44. The van der Waals surface area contributed by atoms with E-state index < -0.39 is 24.4 Å². The Morgan fingerprint density at radius 3 is 2.53 bits per heavy atom. The average Bonchev–Trinajstić information content (AvgIpc) is 2.23. The van der Waals surface area contributed by atoms with Gasteiger partial charge in [-0.1, -0.05) is 0 Å². The summed E-state index contributed by atoms with van der Waals surface area (Å²) >= 11 is 0. The van der Waals surface area contributed by atoms with Gasteiger partial charge in [0.05, 0.1) is 6.54 Å². The van der Waals surface area contributed by atoms with Crippen molar-refractivity contribution >= 4 is 6.09 Å². The van der Waals surface area contributed by atoms with Crippen LogP contribution < -0.4 is 5.32 Å². The maximum Gasteiger partial charge on any atom is 0.410 e. The Kier molecular flexibility index (Phi) is 5.06. The normalized spacial score (nSPS) is 21.4. The number of nitrogens with zero attached hydrogens (tertiary/aromatic N) is 1. The molecule has 1 saturated heterocycles. The van der Waals surface area contributed by atoms with Crippen molar-refractivity contribution < 1.29 is 22.7 Å². The van der Waals surface area contributed by atoms with Gasteiger partial charge >= 0.3 is 12.3 Å². The zero-order valence-corrected chi connectivity index (χ0v) is 11.5. The smallest absolute Gasteiger partial charge is 0.410 e. The van der Waals surface area contributed by atoms with Crippen LogP contribution in [-0.2, 0) is 4.74 Å². The van der Waals surface area contributed by atoms with Crippen molar-refractivity contribution in [3.05, 3.63) is 0 Å². The third kappa shape index (κ3) is 6.66. The van der Waals surface area contributed by atoms with E-state index >= 15 is 0 Å². The van der Waals surface area contributed by atoms with E-state index in [0.717, 1.165) is 0 Å². The van der Waals surface area contributed by atoms with E-state index in [2.05, 4.69) is 5.32 Å². The summed E-state index contributed by atoms with van der Waals surface area (Å²) in [5.74, 6) is 0. The highest BCUT2D eigenvalue weighted by atomic mass is 19.4. The van der Waals surface area contributed by atoms with Crippen LogP contribution in [0.2, 0.25) is 0 Å². The van der Waals surface area contributed by atoms with Crippen LogP contribution in [0, 0.1) is 0 Å². The van der Waals surface area contributed by atoms with E-state index in [1.165, 1.54) is 4.90 Å². The van der Waals surface area contributed by atoms with Crippen molar-refractivity contribution in [2.24, 2.45) is 0 Å². The lowest BCUT2D eigenvalue weighted by molar-refractivity contribution is -0.126. The van der Waals surface area contributed by atoms with Crippen LogP contribution in [0.3, 0.4) is 0 Å². The molecule has 1 aliphatic rings. The molecule has 0 aromatic carbocycles. The molecule has 0 spiro atoms. The topological polar surface area (TPSA) is 41.6 Å². The minimum absolute atomic E-state index is 0.255. The van der Waals surface area contributed by atoms with Crippen molar-refractivity contribution in [2.45, 2.75) is 51.4 Å². The average molecular weight is 282 g/mol. The van der Waals surface area contributed by atoms with Gasteiger partial charge in [-0.15, -0.1) is 0 Å². The fourth-order valence-corrected chi connectivity index (χ4v) is 1.90. The third-order valence-corrected chi connectivity index (χ3v) is 2.66. The molecule has 4 nitrogen and oxygen atoms in total. The van der Waals surface area contributed by atoms with Gasteiger partial charge in [0.1, 0.15) is 5.60 Å². The summed E-state index contributed by atoms with van der Waals surface area (Å²) in [5.41, 5.74) is -0.594. The number of nitrogens with one attached hydrogen (secondary N) is 1. The van der Waals surface area contributed by atoms with Gasteiger partial charge in [0.25, 0.3) is 0 Å². The molecule has 1 fully saturated rings. The second kappa shape index (κ2) is 5.98. The quantitative estimate of drug-likeness (QED) is 0.846. The first-order chi connectivity index (χ1) is 8.57. The number of rotatable bonds is 2. The lowest BCUT2D eigenvalue weighted by atomic mass is 10.1. The van der Waals surface area contributed by atoms with Crippen molar-refractivity contribution in [3.63, 3.8) is 0 Å². The van der Waals surface area contributed by atoms with E-state index in [1.54, 1.807) is 20.8 Å². The molecule has 0 aliphatic carbocycles. The molecule has 1 amide bonds. The lowest BCUT2D eigenvalue weighted by Crippen LogP contribution is -2.50. The fourth-order valence-electron chi connectivity index (χ4n) is 1.90. The summed E-state index contributed by atoms with van der Waals surface area (Å²) in [5, 5.41) is 2.43. The Bertz CT molecular complexity index is 313. The van der Waals surface area contributed by atoms with E-state index in [0.29, 0.717) is 19.4 Å². The number of carbonyl (C=O) groups excluding carboxylic acids is 1. The summed E-state index contributed by atoms with van der Waals surface area (Å²) in [6, 6.07) is -0.331. The molecule has 0 aromatic rings. The highest BCUT2D eigenvalue weighted by molar-refractivity contribution is 5.68. The van der Waals surface area contributed by atoms with Crippen LogP contribution in [0.25, 0.3) is 0 Å². The van der Waals surface area contributed by atoms with Crippen molar-refractivity contribution in [1.82, 2.24) is 10.2 Å². The van der Waals surface area contributed by atoms with E-state index in [4.69, 9.17) is 4.74 Å². The zero-order chi connectivity index (χ0) is 14.7. The Morgan fingerprint density at radius 1 is 1.37 bits per heavy atom. The number of amides is 1. The summed E-state index contributed by atoms with van der Waals surface area (Å²) in [4.78, 5) is 13.3. The van der Waals surface area contributed by atoms with E-state index in [-0.39, 0.29) is 12.6 Å². The number of alkyl halides is 3. The van der Waals surface area contributed by atoms with Crippen molar-refractivity contribution in [1.29, 1.82) is 0 Å². The van der Waals surface area contributed by atoms with Gasteiger partial charge in [-0.3, -0.25) is 0 Å². The van der Waals surface area contributed by atoms with Crippen LogP contribution in [0.15, 0.2) is 0 Å². The van der Waals surface area contributed by atoms with Crippen molar-refractivity contribution in [2.75, 3.05) is 19.6 Å². The third-order valence-electron chi connectivity index (χ3n) is 2.66. The monoisotopic (exact) mass is 282 g/mol. The maximum atomic E-state index is 12.1. The number of carbonyl (C=O) groups is 1. The highest BCUT2D eigenvalue weighted by Gasteiger charge is 2.31. The molecule has 7 heteroatoms. The molecule has 0 aromatic heterocycles. The summed E-state index contributed by atoms with van der Waals surface area (Å²) in [7, 11) is 0. The Labute approximate surface area is 111 Å². The molecule has 1 rings (SSSR count). The van der Waals surface area contributed by atoms with Gasteiger partial charge in [0.15, 0.2) is 0 Å². The molecular weight excluding hydrogens is 261 g/mol. The van der Waals surface area contributed by atoms with Gasteiger partial charge in [-0.25, -0.2) is 4.79 Å². The second-order valence-corrected chi connectivity index (χ2v) is 5.76. The number of piperidine rings is 1. The Morgan fingerprint density at radius 2 is 2.00 bits per heavy atom. The van der Waals surface area contributed by atoms with E-state index in [1.807, 2.05) is 0 Å². The minimum atomic E-state index is -4.23. The lowest BCUT2D eigenvalue weighted by Gasteiger charge is -2.34. The predicted octanol–water partition coefficient (Wildman–Crippen LogP) is 2.54. The van der Waals surface area contributed by atoms with Gasteiger partial charge in [-0.05, 0) is 33.6 Å². The molecule has 1 unspecified atom stereocenters. The molecule has 1 atom stereocenters. The van der Waals surface area contributed by atoms with Crippen LogP contribution in [0.1, 0.15) is 33.6 Å². The number of hydrogen-bond acceptors (Lipinski definition) is 3. The van der Waals surface area contributed by atoms with Gasteiger partial charge in [0.2, 0.25) is 0 Å². The van der Waals surface area contributed by atoms with Crippen LogP contribution in [0.4, 0.5) is 18.0 Å². The molecule has 112 valence electrons. The molecule has 0 radical (unpaired) electrons. The SMILES string of the molecule is CC(C)(C)OC(=O)N1CCCC(NCC(F)(F)F)C1. The summed E-state index contributed by atoms with van der Waals surface area (Å²) in [6.45, 7) is 5.03. The molecule has 1 heterocycles. The number of likely N-dealkylation sites (tertiary alicyclic amines) is 1. The van der Waals surface area contributed by atoms with Gasteiger partial charge in [-0.2, -0.15) is 13.2 Å².